The fourth-order valence-electron chi connectivity index (χ4n) is 1.57. The molecule has 2 nitrogen and oxygen atoms in total. The summed E-state index contributed by atoms with van der Waals surface area (Å²) < 4.78 is 6.09. The Morgan fingerprint density at radius 1 is 1.27 bits per heavy atom. The van der Waals surface area contributed by atoms with E-state index in [0.29, 0.717) is 17.6 Å². The minimum Gasteiger partial charge on any atom is -0.417 e. The molecule has 0 heterocycles. The standard InChI is InChI=1S/C12H26O2Si/c1-12(2,3)15(4,5)14-7-6-10-8-11(10)9-13/h10-11,13H,6-9H2,1-5H3/t10-,11-/m1/s1. The lowest BCUT2D eigenvalue weighted by Crippen LogP contribution is -2.41. The van der Waals surface area contributed by atoms with Crippen LogP contribution < -0.4 is 0 Å². The Labute approximate surface area is 95.2 Å². The van der Waals surface area contributed by atoms with Crippen LogP contribution in [0, 0.1) is 11.8 Å². The molecule has 90 valence electrons. The van der Waals surface area contributed by atoms with Crippen molar-refractivity contribution in [3.8, 4) is 0 Å². The van der Waals surface area contributed by atoms with Crippen LogP contribution in [0.15, 0.2) is 0 Å². The van der Waals surface area contributed by atoms with Crippen molar-refractivity contribution in [2.45, 2.75) is 51.7 Å². The third kappa shape index (κ3) is 3.57. The summed E-state index contributed by atoms with van der Waals surface area (Å²) in [4.78, 5) is 0. The number of hydrogen-bond donors (Lipinski definition) is 1. The quantitative estimate of drug-likeness (QED) is 0.736. The molecule has 0 aromatic carbocycles. The fourth-order valence-corrected chi connectivity index (χ4v) is 2.63. The lowest BCUT2D eigenvalue weighted by Gasteiger charge is -2.36. The van der Waals surface area contributed by atoms with Crippen molar-refractivity contribution in [2.24, 2.45) is 11.8 Å². The molecule has 1 saturated carbocycles. The summed E-state index contributed by atoms with van der Waals surface area (Å²) in [5.74, 6) is 1.31. The predicted molar refractivity (Wildman–Crippen MR) is 66.4 cm³/mol. The van der Waals surface area contributed by atoms with Gasteiger partial charge in [-0.2, -0.15) is 0 Å². The first-order valence-electron chi connectivity index (χ1n) is 6.03. The number of aliphatic hydroxyl groups is 1. The van der Waals surface area contributed by atoms with E-state index in [4.69, 9.17) is 9.53 Å². The number of aliphatic hydroxyl groups excluding tert-OH is 1. The van der Waals surface area contributed by atoms with Gasteiger partial charge in [0.25, 0.3) is 0 Å². The maximum Gasteiger partial charge on any atom is 0.191 e. The van der Waals surface area contributed by atoms with E-state index < -0.39 is 8.32 Å². The normalized spacial score (nSPS) is 26.8. The summed E-state index contributed by atoms with van der Waals surface area (Å²) in [5, 5.41) is 9.25. The molecule has 15 heavy (non-hydrogen) atoms. The predicted octanol–water partition coefficient (Wildman–Crippen LogP) is 3.03. The fraction of sp³-hybridized carbons (Fsp3) is 1.00. The van der Waals surface area contributed by atoms with Crippen LogP contribution in [0.3, 0.4) is 0 Å². The maximum atomic E-state index is 8.93. The zero-order chi connectivity index (χ0) is 11.7. The van der Waals surface area contributed by atoms with Gasteiger partial charge in [-0.1, -0.05) is 20.8 Å². The lowest BCUT2D eigenvalue weighted by atomic mass is 10.2. The van der Waals surface area contributed by atoms with Crippen molar-refractivity contribution in [1.82, 2.24) is 0 Å². The molecule has 1 aliphatic rings. The van der Waals surface area contributed by atoms with Crippen LogP contribution in [0.25, 0.3) is 0 Å². The monoisotopic (exact) mass is 230 g/mol. The van der Waals surface area contributed by atoms with E-state index in [2.05, 4.69) is 33.9 Å². The summed E-state index contributed by atoms with van der Waals surface area (Å²) in [6.45, 7) is 12.7. The van der Waals surface area contributed by atoms with E-state index in [9.17, 15) is 0 Å². The first-order valence-corrected chi connectivity index (χ1v) is 8.93. The molecule has 1 fully saturated rings. The highest BCUT2D eigenvalue weighted by atomic mass is 28.4. The molecule has 1 N–H and O–H groups in total. The van der Waals surface area contributed by atoms with Crippen LogP contribution in [0.5, 0.6) is 0 Å². The zero-order valence-corrected chi connectivity index (χ0v) is 11.8. The highest BCUT2D eigenvalue weighted by Crippen LogP contribution is 2.42. The van der Waals surface area contributed by atoms with Gasteiger partial charge in [-0.3, -0.25) is 0 Å². The van der Waals surface area contributed by atoms with Crippen LogP contribution in [-0.4, -0.2) is 26.6 Å². The van der Waals surface area contributed by atoms with Gasteiger partial charge in [0.2, 0.25) is 0 Å². The Balaban J connectivity index is 2.20. The van der Waals surface area contributed by atoms with Gasteiger partial charge in [0.1, 0.15) is 0 Å². The smallest absolute Gasteiger partial charge is 0.191 e. The summed E-state index contributed by atoms with van der Waals surface area (Å²) in [5.41, 5.74) is 0. The van der Waals surface area contributed by atoms with Crippen molar-refractivity contribution >= 4 is 8.32 Å². The minimum absolute atomic E-state index is 0.312. The molecule has 0 aliphatic heterocycles. The third-order valence-electron chi connectivity index (χ3n) is 4.06. The van der Waals surface area contributed by atoms with Crippen molar-refractivity contribution in [2.75, 3.05) is 13.2 Å². The molecule has 2 atom stereocenters. The van der Waals surface area contributed by atoms with Crippen LogP contribution in [0.2, 0.25) is 18.1 Å². The van der Waals surface area contributed by atoms with E-state index in [-0.39, 0.29) is 0 Å². The van der Waals surface area contributed by atoms with Gasteiger partial charge in [0.15, 0.2) is 8.32 Å². The van der Waals surface area contributed by atoms with Gasteiger partial charge in [-0.15, -0.1) is 0 Å². The van der Waals surface area contributed by atoms with Crippen molar-refractivity contribution in [3.63, 3.8) is 0 Å². The van der Waals surface area contributed by atoms with Crippen LogP contribution in [0.1, 0.15) is 33.6 Å². The van der Waals surface area contributed by atoms with E-state index in [1.165, 1.54) is 6.42 Å². The number of rotatable bonds is 5. The summed E-state index contributed by atoms with van der Waals surface area (Å²) in [7, 11) is -1.54. The number of hydrogen-bond acceptors (Lipinski definition) is 2. The SMILES string of the molecule is CC(C)(C)[Si](C)(C)OCC[C@@H]1C[C@@H]1CO. The molecule has 0 aromatic heterocycles. The largest absolute Gasteiger partial charge is 0.417 e. The molecule has 0 saturated heterocycles. The van der Waals surface area contributed by atoms with Crippen molar-refractivity contribution < 1.29 is 9.53 Å². The minimum atomic E-state index is -1.54. The Kier molecular flexibility index (Phi) is 4.01. The molecule has 3 heteroatoms. The van der Waals surface area contributed by atoms with Crippen molar-refractivity contribution in [3.05, 3.63) is 0 Å². The molecule has 0 amide bonds. The van der Waals surface area contributed by atoms with E-state index in [1.54, 1.807) is 0 Å². The second kappa shape index (κ2) is 4.56. The summed E-state index contributed by atoms with van der Waals surface area (Å²) >= 11 is 0. The molecular weight excluding hydrogens is 204 g/mol. The van der Waals surface area contributed by atoms with Crippen molar-refractivity contribution in [1.29, 1.82) is 0 Å². The van der Waals surface area contributed by atoms with Gasteiger partial charge in [-0.25, -0.2) is 0 Å². The Morgan fingerprint density at radius 3 is 2.27 bits per heavy atom. The average Bonchev–Trinajstić information content (AvgIpc) is 2.81. The highest BCUT2D eigenvalue weighted by molar-refractivity contribution is 6.74. The lowest BCUT2D eigenvalue weighted by molar-refractivity contribution is 0.248. The zero-order valence-electron chi connectivity index (χ0n) is 10.8. The van der Waals surface area contributed by atoms with Gasteiger partial charge in [-0.05, 0) is 42.8 Å². The topological polar surface area (TPSA) is 29.5 Å². The second-order valence-corrected chi connectivity index (χ2v) is 11.1. The highest BCUT2D eigenvalue weighted by Gasteiger charge is 2.39. The molecule has 1 aliphatic carbocycles. The third-order valence-corrected chi connectivity index (χ3v) is 8.60. The molecular formula is C12H26O2Si. The first-order chi connectivity index (χ1) is 6.78. The molecule has 0 spiro atoms. The van der Waals surface area contributed by atoms with Gasteiger partial charge >= 0.3 is 0 Å². The molecule has 1 rings (SSSR count). The summed E-state index contributed by atoms with van der Waals surface area (Å²) in [6, 6.07) is 0. The molecule has 0 radical (unpaired) electrons. The molecule has 0 unspecified atom stereocenters. The Morgan fingerprint density at radius 2 is 1.87 bits per heavy atom. The van der Waals surface area contributed by atoms with Gasteiger partial charge in [0.05, 0.1) is 0 Å². The Bertz CT molecular complexity index is 208. The van der Waals surface area contributed by atoms with Gasteiger partial charge < -0.3 is 9.53 Å². The van der Waals surface area contributed by atoms with E-state index in [1.807, 2.05) is 0 Å². The second-order valence-electron chi connectivity index (χ2n) is 6.34. The molecule has 0 bridgehead atoms. The average molecular weight is 230 g/mol. The molecule has 0 aromatic rings. The van der Waals surface area contributed by atoms with Crippen LogP contribution in [-0.2, 0) is 4.43 Å². The van der Waals surface area contributed by atoms with E-state index >= 15 is 0 Å². The first kappa shape index (κ1) is 13.2. The summed E-state index contributed by atoms with van der Waals surface area (Å²) in [6.07, 6.45) is 2.34. The van der Waals surface area contributed by atoms with Crippen LogP contribution in [0.4, 0.5) is 0 Å². The Hall–Kier alpha value is 0.137. The van der Waals surface area contributed by atoms with Gasteiger partial charge in [0, 0.05) is 13.2 Å². The van der Waals surface area contributed by atoms with Crippen LogP contribution >= 0.6 is 0 Å². The van der Waals surface area contributed by atoms with E-state index in [0.717, 1.165) is 18.9 Å². The maximum absolute atomic E-state index is 8.93.